The summed E-state index contributed by atoms with van der Waals surface area (Å²) in [4.78, 5) is 14.6. The molecule has 0 aromatic heterocycles. The predicted octanol–water partition coefficient (Wildman–Crippen LogP) is 0.583. The Hall–Kier alpha value is -1.86. The lowest BCUT2D eigenvalue weighted by Gasteiger charge is -2.45. The fraction of sp³-hybridized carbons (Fsp3) is 0.562. The van der Waals surface area contributed by atoms with Crippen LogP contribution in [0.1, 0.15) is 23.2 Å². The van der Waals surface area contributed by atoms with E-state index in [1.165, 1.54) is 13.2 Å². The van der Waals surface area contributed by atoms with Gasteiger partial charge in [-0.2, -0.15) is 0 Å². The molecule has 0 aliphatic carbocycles. The smallest absolute Gasteiger partial charge is 0.254 e. The maximum absolute atomic E-state index is 13.9. The van der Waals surface area contributed by atoms with Crippen molar-refractivity contribution >= 4 is 11.6 Å². The minimum atomic E-state index is -0.629. The molecule has 1 amide bonds. The van der Waals surface area contributed by atoms with Crippen molar-refractivity contribution in [2.45, 2.75) is 24.9 Å². The van der Waals surface area contributed by atoms with Crippen molar-refractivity contribution in [2.75, 3.05) is 39.0 Å². The third kappa shape index (κ3) is 3.40. The number of anilines is 1. The van der Waals surface area contributed by atoms with E-state index in [-0.39, 0.29) is 17.3 Å². The molecule has 0 unspecified atom stereocenters. The highest BCUT2D eigenvalue weighted by atomic mass is 19.1. The van der Waals surface area contributed by atoms with Crippen molar-refractivity contribution in [1.29, 1.82) is 0 Å². The summed E-state index contributed by atoms with van der Waals surface area (Å²) in [5.41, 5.74) is 5.78. The minimum Gasteiger partial charge on any atom is -0.495 e. The van der Waals surface area contributed by atoms with Gasteiger partial charge in [-0.1, -0.05) is 0 Å². The van der Waals surface area contributed by atoms with Crippen LogP contribution in [-0.4, -0.2) is 56.2 Å². The normalized spacial score (nSPS) is 20.1. The number of hydrogen-bond acceptors (Lipinski definition) is 5. The van der Waals surface area contributed by atoms with Crippen molar-refractivity contribution in [3.63, 3.8) is 0 Å². The largest absolute Gasteiger partial charge is 0.495 e. The Bertz CT molecular complexity index is 584. The van der Waals surface area contributed by atoms with Gasteiger partial charge in [0.25, 0.3) is 5.91 Å². The number of nitrogens with zero attached hydrogens (tertiary/aromatic N) is 1. The maximum Gasteiger partial charge on any atom is 0.254 e. The summed E-state index contributed by atoms with van der Waals surface area (Å²) in [7, 11) is 1.44. The van der Waals surface area contributed by atoms with E-state index in [9.17, 15) is 9.18 Å². The zero-order valence-electron chi connectivity index (χ0n) is 13.3. The molecule has 2 heterocycles. The van der Waals surface area contributed by atoms with Gasteiger partial charge in [-0.3, -0.25) is 9.69 Å². The Kier molecular flexibility index (Phi) is 4.68. The Morgan fingerprint density at radius 1 is 1.39 bits per heavy atom. The second kappa shape index (κ2) is 6.72. The molecule has 0 spiro atoms. The van der Waals surface area contributed by atoms with Crippen molar-refractivity contribution in [1.82, 2.24) is 15.5 Å². The summed E-state index contributed by atoms with van der Waals surface area (Å²) in [6.45, 7) is 3.75. The van der Waals surface area contributed by atoms with Crippen LogP contribution in [0.4, 0.5) is 10.1 Å². The first-order valence-electron chi connectivity index (χ1n) is 7.97. The van der Waals surface area contributed by atoms with Gasteiger partial charge in [0.2, 0.25) is 0 Å². The van der Waals surface area contributed by atoms with Gasteiger partial charge in [0, 0.05) is 25.2 Å². The fourth-order valence-corrected chi connectivity index (χ4v) is 3.26. The van der Waals surface area contributed by atoms with Crippen LogP contribution < -0.4 is 21.1 Å². The second-order valence-corrected chi connectivity index (χ2v) is 6.18. The van der Waals surface area contributed by atoms with Gasteiger partial charge < -0.3 is 21.1 Å². The number of nitrogen functional groups attached to an aromatic ring is 1. The standard InChI is InChI=1S/C16H23FN4O2/c1-23-15-6-12(13(17)7-14(15)18)16(22)20-10-8-21(9-10)11-2-4-19-5-3-11/h6-7,10-11,19H,2-5,8-9,18H2,1H3,(H,20,22). The average Bonchev–Trinajstić information content (AvgIpc) is 2.51. The van der Waals surface area contributed by atoms with Crippen LogP contribution in [0.25, 0.3) is 0 Å². The second-order valence-electron chi connectivity index (χ2n) is 6.18. The summed E-state index contributed by atoms with van der Waals surface area (Å²) in [6, 6.07) is 3.14. The highest BCUT2D eigenvalue weighted by Crippen LogP contribution is 2.25. The third-order valence-corrected chi connectivity index (χ3v) is 4.63. The Morgan fingerprint density at radius 3 is 2.74 bits per heavy atom. The van der Waals surface area contributed by atoms with Crippen molar-refractivity contribution in [2.24, 2.45) is 0 Å². The first-order chi connectivity index (χ1) is 11.1. The molecule has 7 heteroatoms. The summed E-state index contributed by atoms with van der Waals surface area (Å²) >= 11 is 0. The zero-order valence-corrected chi connectivity index (χ0v) is 13.3. The number of carbonyl (C=O) groups is 1. The number of ether oxygens (including phenoxy) is 1. The minimum absolute atomic E-state index is 0.0311. The molecular formula is C16H23FN4O2. The highest BCUT2D eigenvalue weighted by molar-refractivity contribution is 5.95. The number of nitrogens with one attached hydrogen (secondary N) is 2. The summed E-state index contributed by atoms with van der Waals surface area (Å²) in [5.74, 6) is -0.743. The number of nitrogens with two attached hydrogens (primary N) is 1. The number of piperidine rings is 1. The molecule has 2 aliphatic heterocycles. The summed E-state index contributed by atoms with van der Waals surface area (Å²) in [6.07, 6.45) is 2.29. The van der Waals surface area contributed by atoms with E-state index < -0.39 is 11.7 Å². The van der Waals surface area contributed by atoms with E-state index in [0.29, 0.717) is 11.8 Å². The zero-order chi connectivity index (χ0) is 16.4. The van der Waals surface area contributed by atoms with E-state index in [1.807, 2.05) is 0 Å². The lowest BCUT2D eigenvalue weighted by Crippen LogP contribution is -2.63. The third-order valence-electron chi connectivity index (χ3n) is 4.63. The molecular weight excluding hydrogens is 299 g/mol. The van der Waals surface area contributed by atoms with E-state index in [0.717, 1.165) is 45.1 Å². The molecule has 0 bridgehead atoms. The van der Waals surface area contributed by atoms with E-state index in [1.54, 1.807) is 0 Å². The van der Waals surface area contributed by atoms with Gasteiger partial charge in [-0.25, -0.2) is 4.39 Å². The van der Waals surface area contributed by atoms with Crippen LogP contribution in [-0.2, 0) is 0 Å². The quantitative estimate of drug-likeness (QED) is 0.707. The predicted molar refractivity (Wildman–Crippen MR) is 86.1 cm³/mol. The fourth-order valence-electron chi connectivity index (χ4n) is 3.26. The molecule has 6 nitrogen and oxygen atoms in total. The Morgan fingerprint density at radius 2 is 2.09 bits per heavy atom. The van der Waals surface area contributed by atoms with Crippen LogP contribution in [0, 0.1) is 5.82 Å². The monoisotopic (exact) mass is 322 g/mol. The van der Waals surface area contributed by atoms with Gasteiger partial charge in [0.1, 0.15) is 11.6 Å². The lowest BCUT2D eigenvalue weighted by atomic mass is 9.98. The SMILES string of the molecule is COc1cc(C(=O)NC2CN(C3CCNCC3)C2)c(F)cc1N. The summed E-state index contributed by atoms with van der Waals surface area (Å²) in [5, 5.41) is 6.22. The topological polar surface area (TPSA) is 79.6 Å². The molecule has 1 aromatic carbocycles. The Labute approximate surface area is 135 Å². The Balaban J connectivity index is 1.56. The molecule has 4 N–H and O–H groups in total. The number of rotatable bonds is 4. The van der Waals surface area contributed by atoms with Gasteiger partial charge in [-0.05, 0) is 32.0 Å². The van der Waals surface area contributed by atoms with Gasteiger partial charge in [0.15, 0.2) is 0 Å². The molecule has 2 saturated heterocycles. The van der Waals surface area contributed by atoms with Crippen LogP contribution in [0.5, 0.6) is 5.75 Å². The number of amides is 1. The number of likely N-dealkylation sites (tertiary alicyclic amines) is 1. The molecule has 126 valence electrons. The first kappa shape index (κ1) is 16.0. The number of carbonyl (C=O) groups excluding carboxylic acids is 1. The van der Waals surface area contributed by atoms with Crippen LogP contribution in [0.3, 0.4) is 0 Å². The molecule has 0 radical (unpaired) electrons. The molecule has 2 aliphatic rings. The number of hydrogen-bond donors (Lipinski definition) is 3. The number of halogens is 1. The number of methoxy groups -OCH3 is 1. The molecule has 1 aromatic rings. The molecule has 2 fully saturated rings. The van der Waals surface area contributed by atoms with Crippen molar-refractivity contribution < 1.29 is 13.9 Å². The van der Waals surface area contributed by atoms with Gasteiger partial charge in [0.05, 0.1) is 24.4 Å². The summed E-state index contributed by atoms with van der Waals surface area (Å²) < 4.78 is 19.0. The van der Waals surface area contributed by atoms with Crippen molar-refractivity contribution in [3.05, 3.63) is 23.5 Å². The molecule has 0 atom stereocenters. The van der Waals surface area contributed by atoms with E-state index in [4.69, 9.17) is 10.5 Å². The molecule has 23 heavy (non-hydrogen) atoms. The van der Waals surface area contributed by atoms with Gasteiger partial charge >= 0.3 is 0 Å². The highest BCUT2D eigenvalue weighted by Gasteiger charge is 2.34. The maximum atomic E-state index is 13.9. The first-order valence-corrected chi connectivity index (χ1v) is 7.97. The number of benzene rings is 1. The van der Waals surface area contributed by atoms with Gasteiger partial charge in [-0.15, -0.1) is 0 Å². The van der Waals surface area contributed by atoms with E-state index >= 15 is 0 Å². The average molecular weight is 322 g/mol. The molecule has 0 saturated carbocycles. The van der Waals surface area contributed by atoms with Crippen LogP contribution in [0.2, 0.25) is 0 Å². The van der Waals surface area contributed by atoms with Crippen LogP contribution >= 0.6 is 0 Å². The van der Waals surface area contributed by atoms with E-state index in [2.05, 4.69) is 15.5 Å². The van der Waals surface area contributed by atoms with Crippen molar-refractivity contribution in [3.8, 4) is 5.75 Å². The molecule has 3 rings (SSSR count). The lowest BCUT2D eigenvalue weighted by molar-refractivity contribution is 0.0530. The van der Waals surface area contributed by atoms with Crippen LogP contribution in [0.15, 0.2) is 12.1 Å².